The predicted molar refractivity (Wildman–Crippen MR) is 71.3 cm³/mol. The first-order valence-electron chi connectivity index (χ1n) is 5.69. The number of esters is 1. The number of rotatable bonds is 3. The van der Waals surface area contributed by atoms with Crippen LogP contribution in [0.1, 0.15) is 6.42 Å². The summed E-state index contributed by atoms with van der Waals surface area (Å²) in [4.78, 5) is 27.0. The topological polar surface area (TPSA) is 85.6 Å². The lowest BCUT2D eigenvalue weighted by Crippen LogP contribution is -2.38. The Kier molecular flexibility index (Phi) is 3.89. The van der Waals surface area contributed by atoms with Gasteiger partial charge < -0.3 is 9.64 Å². The molecule has 1 atom stereocenters. The summed E-state index contributed by atoms with van der Waals surface area (Å²) in [5.41, 5.74) is -2.17. The van der Waals surface area contributed by atoms with Crippen LogP contribution in [0.25, 0.3) is 0 Å². The van der Waals surface area contributed by atoms with E-state index >= 15 is 0 Å². The first-order chi connectivity index (χ1) is 9.39. The van der Waals surface area contributed by atoms with Crippen LogP contribution < -0.4 is 4.90 Å². The molecule has 1 saturated heterocycles. The number of alkyl halides is 1. The van der Waals surface area contributed by atoms with E-state index < -0.39 is 16.6 Å². The van der Waals surface area contributed by atoms with Gasteiger partial charge in [0, 0.05) is 19.2 Å². The summed E-state index contributed by atoms with van der Waals surface area (Å²) >= 11 is 3.17. The minimum Gasteiger partial charge on any atom is -0.467 e. The van der Waals surface area contributed by atoms with Gasteiger partial charge in [-0.1, -0.05) is 0 Å². The monoisotopic (exact) mass is 347 g/mol. The van der Waals surface area contributed by atoms with Crippen LogP contribution in [0.2, 0.25) is 0 Å². The zero-order valence-electron chi connectivity index (χ0n) is 10.5. The van der Waals surface area contributed by atoms with Gasteiger partial charge >= 0.3 is 11.7 Å². The number of pyridine rings is 1. The Hall–Kier alpha value is -1.77. The second-order valence-electron chi connectivity index (χ2n) is 4.37. The summed E-state index contributed by atoms with van der Waals surface area (Å²) in [6, 6.07) is 0. The molecule has 2 heterocycles. The Labute approximate surface area is 122 Å². The Bertz CT molecular complexity index is 571. The van der Waals surface area contributed by atoms with Gasteiger partial charge in [-0.3, -0.25) is 15.1 Å². The Morgan fingerprint density at radius 2 is 2.35 bits per heavy atom. The average molecular weight is 348 g/mol. The molecule has 1 aromatic rings. The molecule has 2 rings (SSSR count). The van der Waals surface area contributed by atoms with Gasteiger partial charge in [-0.25, -0.2) is 9.18 Å². The van der Waals surface area contributed by atoms with Gasteiger partial charge in [0.25, 0.3) is 0 Å². The number of carbonyl (C=O) groups excluding carboxylic acids is 1. The summed E-state index contributed by atoms with van der Waals surface area (Å²) in [6.45, 7) is -0.113. The maximum atomic E-state index is 14.4. The van der Waals surface area contributed by atoms with E-state index in [2.05, 4.69) is 25.7 Å². The minimum absolute atomic E-state index is 0.0778. The zero-order chi connectivity index (χ0) is 14.9. The summed E-state index contributed by atoms with van der Waals surface area (Å²) in [6.07, 6.45) is 2.40. The van der Waals surface area contributed by atoms with Crippen molar-refractivity contribution in [2.45, 2.75) is 12.1 Å². The third kappa shape index (κ3) is 2.45. The lowest BCUT2D eigenvalue weighted by Gasteiger charge is -2.21. The van der Waals surface area contributed by atoms with Gasteiger partial charge in [0.05, 0.1) is 23.1 Å². The molecule has 1 aromatic heterocycles. The van der Waals surface area contributed by atoms with Gasteiger partial charge in [-0.05, 0) is 15.9 Å². The van der Waals surface area contributed by atoms with Gasteiger partial charge in [0.1, 0.15) is 11.9 Å². The molecule has 0 saturated carbocycles. The molecule has 0 aromatic carbocycles. The maximum Gasteiger partial charge on any atom is 0.345 e. The summed E-state index contributed by atoms with van der Waals surface area (Å²) < 4.78 is 19.2. The number of nitro groups is 1. The van der Waals surface area contributed by atoms with E-state index in [4.69, 9.17) is 0 Å². The van der Waals surface area contributed by atoms with Gasteiger partial charge in [-0.15, -0.1) is 0 Å². The normalized spacial score (nSPS) is 21.9. The highest BCUT2D eigenvalue weighted by atomic mass is 79.9. The summed E-state index contributed by atoms with van der Waals surface area (Å²) in [7, 11) is 1.11. The van der Waals surface area contributed by atoms with Crippen LogP contribution in [0.15, 0.2) is 16.9 Å². The summed E-state index contributed by atoms with van der Waals surface area (Å²) in [5, 5.41) is 11.0. The van der Waals surface area contributed by atoms with Crippen LogP contribution in [-0.2, 0) is 9.53 Å². The molecule has 20 heavy (non-hydrogen) atoms. The van der Waals surface area contributed by atoms with Crippen molar-refractivity contribution in [2.24, 2.45) is 0 Å². The van der Waals surface area contributed by atoms with Crippen molar-refractivity contribution in [1.82, 2.24) is 4.98 Å². The van der Waals surface area contributed by atoms with Crippen LogP contribution in [0.5, 0.6) is 0 Å². The fraction of sp³-hybridized carbons (Fsp3) is 0.455. The van der Waals surface area contributed by atoms with E-state index in [0.717, 1.165) is 13.3 Å². The number of aromatic nitrogens is 1. The SMILES string of the molecule is COC(=O)[C@]1(F)CCN(c2c(Br)cncc2[N+](=O)[O-])C1. The summed E-state index contributed by atoms with van der Waals surface area (Å²) in [5.74, 6) is -0.965. The largest absolute Gasteiger partial charge is 0.467 e. The van der Waals surface area contributed by atoms with Crippen molar-refractivity contribution in [3.05, 3.63) is 27.0 Å². The predicted octanol–water partition coefficient (Wildman–Crippen LogP) is 1.84. The highest BCUT2D eigenvalue weighted by Gasteiger charge is 2.47. The van der Waals surface area contributed by atoms with Crippen LogP contribution in [0.3, 0.4) is 0 Å². The average Bonchev–Trinajstić information content (AvgIpc) is 2.81. The van der Waals surface area contributed by atoms with E-state index in [1.165, 1.54) is 11.1 Å². The second kappa shape index (κ2) is 5.31. The molecular formula is C11H11BrFN3O4. The molecule has 108 valence electrons. The third-order valence-corrected chi connectivity index (χ3v) is 3.72. The van der Waals surface area contributed by atoms with Crippen LogP contribution >= 0.6 is 15.9 Å². The minimum atomic E-state index is -2.15. The van der Waals surface area contributed by atoms with Gasteiger partial charge in [-0.2, -0.15) is 0 Å². The number of hydrogen-bond acceptors (Lipinski definition) is 6. The number of methoxy groups -OCH3 is 1. The molecule has 7 nitrogen and oxygen atoms in total. The van der Waals surface area contributed by atoms with E-state index in [9.17, 15) is 19.3 Å². The molecule has 0 spiro atoms. The van der Waals surface area contributed by atoms with Crippen molar-refractivity contribution in [3.63, 3.8) is 0 Å². The molecule has 1 fully saturated rings. The van der Waals surface area contributed by atoms with Crippen molar-refractivity contribution in [2.75, 3.05) is 25.1 Å². The lowest BCUT2D eigenvalue weighted by atomic mass is 10.1. The number of hydrogen-bond donors (Lipinski definition) is 0. The van der Waals surface area contributed by atoms with Crippen molar-refractivity contribution in [3.8, 4) is 0 Å². The van der Waals surface area contributed by atoms with E-state index in [1.807, 2.05) is 0 Å². The Morgan fingerprint density at radius 1 is 1.65 bits per heavy atom. The second-order valence-corrected chi connectivity index (χ2v) is 5.23. The van der Waals surface area contributed by atoms with E-state index in [-0.39, 0.29) is 30.9 Å². The van der Waals surface area contributed by atoms with Crippen molar-refractivity contribution < 1.29 is 18.8 Å². The highest BCUT2D eigenvalue weighted by Crippen LogP contribution is 2.39. The number of carbonyl (C=O) groups is 1. The fourth-order valence-electron chi connectivity index (χ4n) is 2.18. The molecule has 0 amide bonds. The molecule has 0 radical (unpaired) electrons. The van der Waals surface area contributed by atoms with Crippen LogP contribution in [-0.4, -0.2) is 41.7 Å². The lowest BCUT2D eigenvalue weighted by molar-refractivity contribution is -0.384. The molecule has 0 aliphatic carbocycles. The smallest absolute Gasteiger partial charge is 0.345 e. The molecule has 9 heteroatoms. The molecule has 0 bridgehead atoms. The number of halogens is 2. The van der Waals surface area contributed by atoms with Gasteiger partial charge in [0.15, 0.2) is 0 Å². The van der Waals surface area contributed by atoms with Crippen molar-refractivity contribution in [1.29, 1.82) is 0 Å². The van der Waals surface area contributed by atoms with E-state index in [1.54, 1.807) is 0 Å². The first-order valence-corrected chi connectivity index (χ1v) is 6.48. The molecule has 1 aliphatic rings. The fourth-order valence-corrected chi connectivity index (χ4v) is 2.75. The van der Waals surface area contributed by atoms with Crippen LogP contribution in [0, 0.1) is 10.1 Å². The number of ether oxygens (including phenoxy) is 1. The maximum absolute atomic E-state index is 14.4. The molecule has 0 unspecified atom stereocenters. The quantitative estimate of drug-likeness (QED) is 0.471. The van der Waals surface area contributed by atoms with Gasteiger partial charge in [0.2, 0.25) is 5.67 Å². The number of nitrogens with zero attached hydrogens (tertiary/aromatic N) is 3. The zero-order valence-corrected chi connectivity index (χ0v) is 12.1. The number of anilines is 1. The van der Waals surface area contributed by atoms with Crippen LogP contribution in [0.4, 0.5) is 15.8 Å². The standard InChI is InChI=1S/C11H11BrFN3O4/c1-20-10(17)11(13)2-3-15(6-11)9-7(12)4-14-5-8(9)16(18)19/h4-5H,2-3,6H2,1H3/t11-/m0/s1. The highest BCUT2D eigenvalue weighted by molar-refractivity contribution is 9.10. The Balaban J connectivity index is 2.36. The van der Waals surface area contributed by atoms with E-state index in [0.29, 0.717) is 4.47 Å². The molecular weight excluding hydrogens is 337 g/mol. The third-order valence-electron chi connectivity index (χ3n) is 3.14. The van der Waals surface area contributed by atoms with Crippen molar-refractivity contribution >= 4 is 33.3 Å². The first kappa shape index (κ1) is 14.6. The molecule has 1 aliphatic heterocycles. The Morgan fingerprint density at radius 3 is 2.95 bits per heavy atom. The molecule has 0 N–H and O–H groups in total.